The lowest BCUT2D eigenvalue weighted by atomic mass is 9.93. The average molecular weight is 445 g/mol. The number of allylic oxidation sites excluding steroid dienone is 1. The van der Waals surface area contributed by atoms with Crippen molar-refractivity contribution in [2.75, 3.05) is 5.32 Å². The van der Waals surface area contributed by atoms with Gasteiger partial charge in [-0.25, -0.2) is 14.4 Å². The molecule has 0 aliphatic heterocycles. The van der Waals surface area contributed by atoms with Crippen molar-refractivity contribution in [3.63, 3.8) is 0 Å². The Hall–Kier alpha value is -3.33. The van der Waals surface area contributed by atoms with Gasteiger partial charge in [-0.2, -0.15) is 9.61 Å². The average Bonchev–Trinajstić information content (AvgIpc) is 3.16. The van der Waals surface area contributed by atoms with Crippen LogP contribution in [0.4, 0.5) is 16.0 Å². The molecular weight excluding hydrogens is 423 g/mol. The number of hydrogen-bond acceptors (Lipinski definition) is 5. The number of pyridine rings is 1. The highest BCUT2D eigenvalue weighted by molar-refractivity contribution is 6.49. The summed E-state index contributed by atoms with van der Waals surface area (Å²) in [6.07, 6.45) is 2.54. The first-order chi connectivity index (χ1) is 14.6. The third kappa shape index (κ3) is 4.41. The number of nitrogens with one attached hydrogen (secondary N) is 1. The molecule has 162 valence electrons. The molecule has 0 atom stereocenters. The van der Waals surface area contributed by atoms with Crippen LogP contribution in [0.1, 0.15) is 39.0 Å². The third-order valence-electron chi connectivity index (χ3n) is 4.56. The van der Waals surface area contributed by atoms with Gasteiger partial charge in [0.05, 0.1) is 16.9 Å². The van der Waals surface area contributed by atoms with Crippen molar-refractivity contribution in [2.45, 2.75) is 39.7 Å². The Bertz CT molecular complexity index is 1250. The summed E-state index contributed by atoms with van der Waals surface area (Å²) in [5.41, 5.74) is 0.309. The van der Waals surface area contributed by atoms with Gasteiger partial charge in [-0.15, -0.1) is 0 Å². The lowest BCUT2D eigenvalue weighted by Crippen LogP contribution is -2.31. The number of nitrogens with zero attached hydrogens (tertiary/aromatic N) is 5. The molecule has 0 unspecified atom stereocenters. The van der Waals surface area contributed by atoms with Gasteiger partial charge in [-0.3, -0.25) is 14.2 Å². The van der Waals surface area contributed by atoms with Crippen molar-refractivity contribution >= 4 is 46.5 Å². The van der Waals surface area contributed by atoms with Crippen LogP contribution < -0.4 is 10.9 Å². The fourth-order valence-corrected chi connectivity index (χ4v) is 3.12. The summed E-state index contributed by atoms with van der Waals surface area (Å²) < 4.78 is 15.8. The summed E-state index contributed by atoms with van der Waals surface area (Å²) in [6.45, 7) is 10.8. The summed E-state index contributed by atoms with van der Waals surface area (Å²) >= 11 is 6.30. The highest BCUT2D eigenvalue weighted by atomic mass is 35.5. The van der Waals surface area contributed by atoms with Crippen molar-refractivity contribution in [3.8, 4) is 0 Å². The zero-order chi connectivity index (χ0) is 22.9. The summed E-state index contributed by atoms with van der Waals surface area (Å²) in [7, 11) is 0. The molecule has 8 nitrogen and oxygen atoms in total. The number of carbonyl (C=O) groups is 1. The van der Waals surface area contributed by atoms with E-state index in [1.807, 2.05) is 20.8 Å². The molecule has 1 amide bonds. The van der Waals surface area contributed by atoms with Crippen LogP contribution in [0.3, 0.4) is 0 Å². The van der Waals surface area contributed by atoms with E-state index in [1.54, 1.807) is 19.1 Å². The molecule has 0 saturated heterocycles. The summed E-state index contributed by atoms with van der Waals surface area (Å²) in [5, 5.41) is 7.30. The van der Waals surface area contributed by atoms with Gasteiger partial charge >= 0.3 is 0 Å². The van der Waals surface area contributed by atoms with E-state index < -0.39 is 17.3 Å². The molecule has 31 heavy (non-hydrogen) atoms. The van der Waals surface area contributed by atoms with Crippen LogP contribution in [-0.4, -0.2) is 31.8 Å². The minimum absolute atomic E-state index is 0.0860. The first-order valence-corrected chi connectivity index (χ1v) is 9.82. The van der Waals surface area contributed by atoms with Gasteiger partial charge in [0.2, 0.25) is 5.91 Å². The Balaban J connectivity index is 2.18. The van der Waals surface area contributed by atoms with Gasteiger partial charge < -0.3 is 5.32 Å². The first kappa shape index (κ1) is 22.4. The largest absolute Gasteiger partial charge is 0.309 e. The van der Waals surface area contributed by atoms with Gasteiger partial charge in [-0.05, 0) is 25.8 Å². The van der Waals surface area contributed by atoms with E-state index in [-0.39, 0.29) is 34.2 Å². The van der Waals surface area contributed by atoms with Crippen LogP contribution >= 0.6 is 11.6 Å². The predicted octanol–water partition coefficient (Wildman–Crippen LogP) is 3.90. The summed E-state index contributed by atoms with van der Waals surface area (Å²) in [5.74, 6) is -0.697. The molecule has 0 spiro atoms. The molecule has 0 aliphatic rings. The maximum absolute atomic E-state index is 13.3. The molecule has 3 aromatic heterocycles. The second kappa shape index (κ2) is 8.43. The minimum atomic E-state index is -0.525. The smallest absolute Gasteiger partial charge is 0.265 e. The van der Waals surface area contributed by atoms with Crippen molar-refractivity contribution < 1.29 is 9.18 Å². The highest BCUT2D eigenvalue weighted by Gasteiger charge is 2.25. The fourth-order valence-electron chi connectivity index (χ4n) is 2.95. The molecular formula is C21H22ClFN6O2. The highest BCUT2D eigenvalue weighted by Crippen LogP contribution is 2.29. The van der Waals surface area contributed by atoms with E-state index in [2.05, 4.69) is 27.1 Å². The summed E-state index contributed by atoms with van der Waals surface area (Å²) in [6, 6.07) is 4.23. The normalized spacial score (nSPS) is 12.3. The van der Waals surface area contributed by atoms with E-state index in [9.17, 15) is 14.0 Å². The quantitative estimate of drug-likeness (QED) is 0.604. The van der Waals surface area contributed by atoms with Gasteiger partial charge in [-0.1, -0.05) is 38.4 Å². The Kier molecular flexibility index (Phi) is 6.08. The van der Waals surface area contributed by atoms with E-state index in [0.717, 1.165) is 6.20 Å². The van der Waals surface area contributed by atoms with Crippen LogP contribution in [0, 0.1) is 5.82 Å². The van der Waals surface area contributed by atoms with E-state index in [4.69, 9.17) is 11.6 Å². The first-order valence-electron chi connectivity index (χ1n) is 9.44. The standard InChI is InChI=1S/C21H22ClFN6O2/c1-6-13(22)18-19(24-5)29-17(9-14(27-29)21(2,3)4)28(20(18)31)11-16(30)26-15-8-7-12(23)10-25-15/h6-10H,5,11H2,1-4H3,(H,25,26,30)/b13-6+. The number of aromatic nitrogens is 4. The third-order valence-corrected chi connectivity index (χ3v) is 4.96. The number of rotatable bonds is 5. The van der Waals surface area contributed by atoms with Gasteiger partial charge in [0, 0.05) is 11.5 Å². The van der Waals surface area contributed by atoms with Crippen molar-refractivity contribution in [2.24, 2.45) is 4.99 Å². The lowest BCUT2D eigenvalue weighted by molar-refractivity contribution is -0.116. The second-order valence-electron chi connectivity index (χ2n) is 7.84. The van der Waals surface area contributed by atoms with Gasteiger partial charge in [0.25, 0.3) is 5.56 Å². The zero-order valence-corrected chi connectivity index (χ0v) is 18.4. The van der Waals surface area contributed by atoms with Crippen LogP contribution in [-0.2, 0) is 16.8 Å². The van der Waals surface area contributed by atoms with Crippen LogP contribution in [0.15, 0.2) is 40.3 Å². The Morgan fingerprint density at radius 1 is 1.39 bits per heavy atom. The number of halogens is 2. The van der Waals surface area contributed by atoms with Crippen molar-refractivity contribution in [1.29, 1.82) is 0 Å². The minimum Gasteiger partial charge on any atom is -0.309 e. The van der Waals surface area contributed by atoms with Gasteiger partial charge in [0.1, 0.15) is 29.4 Å². The number of amides is 1. The number of anilines is 1. The molecule has 3 heterocycles. The summed E-state index contributed by atoms with van der Waals surface area (Å²) in [4.78, 5) is 33.8. The molecule has 0 saturated carbocycles. The second-order valence-corrected chi connectivity index (χ2v) is 8.25. The number of hydrogen-bond donors (Lipinski definition) is 1. The molecule has 0 bridgehead atoms. The van der Waals surface area contributed by atoms with E-state index >= 15 is 0 Å². The van der Waals surface area contributed by atoms with Crippen molar-refractivity contribution in [1.82, 2.24) is 19.2 Å². The van der Waals surface area contributed by atoms with Crippen LogP contribution in [0.2, 0.25) is 0 Å². The van der Waals surface area contributed by atoms with Crippen LogP contribution in [0.5, 0.6) is 0 Å². The lowest BCUT2D eigenvalue weighted by Gasteiger charge is -2.13. The Morgan fingerprint density at radius 3 is 2.65 bits per heavy atom. The molecule has 0 fully saturated rings. The molecule has 10 heteroatoms. The number of carbonyl (C=O) groups excluding carboxylic acids is 1. The van der Waals surface area contributed by atoms with Crippen molar-refractivity contribution in [3.05, 3.63) is 57.9 Å². The maximum Gasteiger partial charge on any atom is 0.265 e. The topological polar surface area (TPSA) is 93.6 Å². The molecule has 1 N–H and O–H groups in total. The van der Waals surface area contributed by atoms with E-state index in [0.29, 0.717) is 11.3 Å². The predicted molar refractivity (Wildman–Crippen MR) is 120 cm³/mol. The zero-order valence-electron chi connectivity index (χ0n) is 17.6. The van der Waals surface area contributed by atoms with Crippen LogP contribution in [0.25, 0.3) is 10.7 Å². The molecule has 0 aromatic carbocycles. The monoisotopic (exact) mass is 444 g/mol. The molecule has 3 aromatic rings. The maximum atomic E-state index is 13.3. The van der Waals surface area contributed by atoms with E-state index in [1.165, 1.54) is 21.2 Å². The SMILES string of the molecule is C=Nc1c(/C(Cl)=C\C)c(=O)n(CC(=O)Nc2ccc(F)cn2)c2cc(C(C)(C)C)nn12. The molecule has 0 radical (unpaired) electrons. The molecule has 0 aliphatic carbocycles. The fraction of sp³-hybridized carbons (Fsp3) is 0.286. The molecule has 3 rings (SSSR count). The number of fused-ring (bicyclic) bond motifs is 1. The Morgan fingerprint density at radius 2 is 2.10 bits per heavy atom. The Labute approximate surface area is 183 Å². The number of aliphatic imine (C=N–C) groups is 1. The van der Waals surface area contributed by atoms with Gasteiger partial charge in [0.15, 0.2) is 5.82 Å².